The first-order chi connectivity index (χ1) is 8.20. The van der Waals surface area contributed by atoms with E-state index in [0.29, 0.717) is 0 Å². The van der Waals surface area contributed by atoms with Crippen LogP contribution in [0.5, 0.6) is 0 Å². The Balaban J connectivity index is 4.69. The Hall–Kier alpha value is -1.15. The van der Waals surface area contributed by atoms with Crippen molar-refractivity contribution in [3.8, 4) is 0 Å². The summed E-state index contributed by atoms with van der Waals surface area (Å²) >= 11 is 0. The predicted octanol–water partition coefficient (Wildman–Crippen LogP) is -0.584. The minimum Gasteiger partial charge on any atom is -0.480 e. The van der Waals surface area contributed by atoms with Crippen molar-refractivity contribution in [2.24, 2.45) is 0 Å². The van der Waals surface area contributed by atoms with Gasteiger partial charge in [-0.15, -0.1) is 0 Å². The molecule has 7 nitrogen and oxygen atoms in total. The molecule has 0 saturated carbocycles. The average Bonchev–Trinajstić information content (AvgIpc) is 2.23. The number of methoxy groups -OCH3 is 1. The van der Waals surface area contributed by atoms with Crippen LogP contribution in [0.2, 0.25) is 0 Å². The van der Waals surface area contributed by atoms with E-state index in [0.717, 1.165) is 6.92 Å². The Bertz CT molecular complexity index is 391. The number of sulfone groups is 1. The van der Waals surface area contributed by atoms with Crippen LogP contribution in [0.25, 0.3) is 0 Å². The molecule has 18 heavy (non-hydrogen) atoms. The molecule has 0 saturated heterocycles. The van der Waals surface area contributed by atoms with Crippen molar-refractivity contribution in [1.29, 1.82) is 0 Å². The summed E-state index contributed by atoms with van der Waals surface area (Å²) in [6.07, 6.45) is 0.283. The zero-order valence-corrected chi connectivity index (χ0v) is 11.5. The summed E-state index contributed by atoms with van der Waals surface area (Å²) in [4.78, 5) is 21.6. The molecular weight excluding hydrogens is 262 g/mol. The Morgan fingerprint density at radius 2 is 1.94 bits per heavy atom. The van der Waals surface area contributed by atoms with Crippen molar-refractivity contribution in [3.63, 3.8) is 0 Å². The van der Waals surface area contributed by atoms with Gasteiger partial charge in [0, 0.05) is 20.6 Å². The van der Waals surface area contributed by atoms with Gasteiger partial charge in [0.05, 0.1) is 11.0 Å². The summed E-state index contributed by atoms with van der Waals surface area (Å²) in [5, 5.41) is 10.2. The highest BCUT2D eigenvalue weighted by Crippen LogP contribution is 2.08. The van der Waals surface area contributed by atoms with E-state index in [1.165, 1.54) is 14.0 Å². The maximum absolute atomic E-state index is 11.9. The number of carbonyl (C=O) groups excluding carboxylic acids is 1. The Morgan fingerprint density at radius 1 is 1.39 bits per heavy atom. The van der Waals surface area contributed by atoms with Crippen LogP contribution in [-0.4, -0.2) is 56.2 Å². The van der Waals surface area contributed by atoms with Gasteiger partial charge in [0.25, 0.3) is 0 Å². The van der Waals surface area contributed by atoms with Crippen LogP contribution in [0, 0.1) is 0 Å². The van der Waals surface area contributed by atoms with Crippen molar-refractivity contribution >= 4 is 21.7 Å². The van der Waals surface area contributed by atoms with Crippen LogP contribution >= 0.6 is 0 Å². The van der Waals surface area contributed by atoms with Gasteiger partial charge >= 0.3 is 5.97 Å². The molecule has 0 spiro atoms. The zero-order chi connectivity index (χ0) is 14.3. The number of carboxylic acids is 1. The third-order valence-electron chi connectivity index (χ3n) is 2.42. The maximum atomic E-state index is 11.9. The molecule has 0 aromatic heterocycles. The van der Waals surface area contributed by atoms with Gasteiger partial charge in [0.15, 0.2) is 9.84 Å². The number of ether oxygens (including phenoxy) is 1. The Morgan fingerprint density at radius 3 is 2.33 bits per heavy atom. The monoisotopic (exact) mass is 281 g/mol. The maximum Gasteiger partial charge on any atom is 0.327 e. The normalized spacial score (nSPS) is 14.8. The van der Waals surface area contributed by atoms with Gasteiger partial charge in [-0.2, -0.15) is 0 Å². The topological polar surface area (TPSA) is 110 Å². The Labute approximate surface area is 106 Å². The first kappa shape index (κ1) is 16.9. The molecule has 0 rings (SSSR count). The van der Waals surface area contributed by atoms with Gasteiger partial charge in [-0.3, -0.25) is 4.79 Å². The fourth-order valence-electron chi connectivity index (χ4n) is 1.28. The summed E-state index contributed by atoms with van der Waals surface area (Å²) < 4.78 is 28.5. The standard InChI is InChI=1S/C10H19NO6S/c1-7(4-5-17-3)18(15,16)6-9(10(13)14)11-8(2)12/h7,9H,4-6H2,1-3H3,(H,11,12)(H,13,14)/t7?,9-/m0/s1. The number of nitrogens with one attached hydrogen (secondary N) is 1. The lowest BCUT2D eigenvalue weighted by atomic mass is 10.3. The number of rotatable bonds is 8. The molecule has 0 aliphatic heterocycles. The number of hydrogen-bond donors (Lipinski definition) is 2. The highest BCUT2D eigenvalue weighted by molar-refractivity contribution is 7.92. The zero-order valence-electron chi connectivity index (χ0n) is 10.7. The van der Waals surface area contributed by atoms with Gasteiger partial charge in [-0.1, -0.05) is 0 Å². The van der Waals surface area contributed by atoms with E-state index < -0.39 is 38.8 Å². The van der Waals surface area contributed by atoms with Crippen molar-refractivity contribution in [1.82, 2.24) is 5.32 Å². The van der Waals surface area contributed by atoms with Crippen molar-refractivity contribution in [3.05, 3.63) is 0 Å². The fraction of sp³-hybridized carbons (Fsp3) is 0.800. The molecular formula is C10H19NO6S. The van der Waals surface area contributed by atoms with Crippen LogP contribution in [0.4, 0.5) is 0 Å². The van der Waals surface area contributed by atoms with Crippen LogP contribution in [0.1, 0.15) is 20.3 Å². The predicted molar refractivity (Wildman–Crippen MR) is 65.0 cm³/mol. The van der Waals surface area contributed by atoms with E-state index in [4.69, 9.17) is 9.84 Å². The lowest BCUT2D eigenvalue weighted by molar-refractivity contribution is -0.140. The molecule has 2 N–H and O–H groups in total. The molecule has 1 unspecified atom stereocenters. The van der Waals surface area contributed by atoms with Gasteiger partial charge in [-0.05, 0) is 13.3 Å². The third kappa shape index (κ3) is 5.97. The second-order valence-corrected chi connectivity index (χ2v) is 6.48. The van der Waals surface area contributed by atoms with Crippen molar-refractivity contribution < 1.29 is 27.9 Å². The highest BCUT2D eigenvalue weighted by Gasteiger charge is 2.29. The molecule has 0 aliphatic carbocycles. The molecule has 1 amide bonds. The Kier molecular flexibility index (Phi) is 6.85. The van der Waals surface area contributed by atoms with Gasteiger partial charge < -0.3 is 15.2 Å². The van der Waals surface area contributed by atoms with Gasteiger partial charge in [-0.25, -0.2) is 13.2 Å². The minimum absolute atomic E-state index is 0.276. The van der Waals surface area contributed by atoms with E-state index in [1.807, 2.05) is 0 Å². The molecule has 2 atom stereocenters. The molecule has 0 bridgehead atoms. The van der Waals surface area contributed by atoms with Crippen LogP contribution in [-0.2, 0) is 24.2 Å². The fourth-order valence-corrected chi connectivity index (χ4v) is 2.75. The van der Waals surface area contributed by atoms with E-state index in [9.17, 15) is 18.0 Å². The molecule has 8 heteroatoms. The number of aliphatic carboxylic acids is 1. The van der Waals surface area contributed by atoms with Crippen LogP contribution in [0.15, 0.2) is 0 Å². The smallest absolute Gasteiger partial charge is 0.327 e. The second-order valence-electron chi connectivity index (χ2n) is 4.01. The first-order valence-corrected chi connectivity index (χ1v) is 7.12. The first-order valence-electron chi connectivity index (χ1n) is 5.41. The number of carbonyl (C=O) groups is 2. The molecule has 0 aromatic carbocycles. The molecule has 106 valence electrons. The summed E-state index contributed by atoms with van der Waals surface area (Å²) in [5.74, 6) is -2.57. The molecule has 0 fully saturated rings. The highest BCUT2D eigenvalue weighted by atomic mass is 32.2. The van der Waals surface area contributed by atoms with Crippen molar-refractivity contribution in [2.45, 2.75) is 31.6 Å². The third-order valence-corrected chi connectivity index (χ3v) is 4.68. The van der Waals surface area contributed by atoms with E-state index in [-0.39, 0.29) is 13.0 Å². The summed E-state index contributed by atoms with van der Waals surface area (Å²) in [7, 11) is -2.14. The average molecular weight is 281 g/mol. The van der Waals surface area contributed by atoms with Crippen molar-refractivity contribution in [2.75, 3.05) is 19.5 Å². The lowest BCUT2D eigenvalue weighted by Gasteiger charge is -2.17. The lowest BCUT2D eigenvalue weighted by Crippen LogP contribution is -2.46. The number of carboxylic acid groups (broad SMARTS) is 1. The van der Waals surface area contributed by atoms with Crippen LogP contribution < -0.4 is 5.32 Å². The number of hydrogen-bond acceptors (Lipinski definition) is 5. The largest absolute Gasteiger partial charge is 0.480 e. The molecule has 0 radical (unpaired) electrons. The summed E-state index contributed by atoms with van der Waals surface area (Å²) in [6, 6.07) is -1.42. The van der Waals surface area contributed by atoms with Gasteiger partial charge in [0.2, 0.25) is 5.91 Å². The summed E-state index contributed by atoms with van der Waals surface area (Å²) in [5.41, 5.74) is 0. The van der Waals surface area contributed by atoms with E-state index in [2.05, 4.69) is 5.32 Å². The summed E-state index contributed by atoms with van der Waals surface area (Å²) in [6.45, 7) is 2.90. The van der Waals surface area contributed by atoms with Crippen LogP contribution in [0.3, 0.4) is 0 Å². The molecule has 0 heterocycles. The van der Waals surface area contributed by atoms with Gasteiger partial charge in [0.1, 0.15) is 6.04 Å². The van der Waals surface area contributed by atoms with E-state index in [1.54, 1.807) is 0 Å². The molecule has 0 aliphatic rings. The molecule has 0 aromatic rings. The number of amides is 1. The SMILES string of the molecule is COCCC(C)S(=O)(=O)C[C@H](NC(C)=O)C(=O)O. The second kappa shape index (κ2) is 7.32. The quantitative estimate of drug-likeness (QED) is 0.615. The minimum atomic E-state index is -3.60. The van der Waals surface area contributed by atoms with E-state index >= 15 is 0 Å².